The molecule has 1 aliphatic carbocycles. The maximum atomic E-state index is 11.6. The quantitative estimate of drug-likeness (QED) is 0.359. The van der Waals surface area contributed by atoms with Crippen molar-refractivity contribution in [1.29, 1.82) is 0 Å². The Balaban J connectivity index is 1.04. The van der Waals surface area contributed by atoms with Gasteiger partial charge in [0.25, 0.3) is 5.91 Å². The van der Waals surface area contributed by atoms with Crippen LogP contribution in [-0.4, -0.2) is 56.6 Å². The smallest absolute Gasteiger partial charge is 0.251 e. The zero-order valence-electron chi connectivity index (χ0n) is 19.1. The molecule has 1 amide bonds. The van der Waals surface area contributed by atoms with Crippen molar-refractivity contribution in [3.05, 3.63) is 59.2 Å². The van der Waals surface area contributed by atoms with Gasteiger partial charge in [-0.2, -0.15) is 0 Å². The van der Waals surface area contributed by atoms with Gasteiger partial charge in [0, 0.05) is 38.4 Å². The maximum Gasteiger partial charge on any atom is 0.251 e. The normalized spacial score (nSPS) is 15.7. The van der Waals surface area contributed by atoms with Crippen LogP contribution in [0, 0.1) is 5.92 Å². The molecule has 4 rings (SSSR count). The summed E-state index contributed by atoms with van der Waals surface area (Å²) in [6.07, 6.45) is 4.09. The molecule has 0 radical (unpaired) electrons. The van der Waals surface area contributed by atoms with E-state index in [1.807, 2.05) is 18.2 Å². The lowest BCUT2D eigenvalue weighted by Crippen LogP contribution is -2.33. The summed E-state index contributed by atoms with van der Waals surface area (Å²) in [5, 5.41) is 16.1. The van der Waals surface area contributed by atoms with Gasteiger partial charge in [-0.1, -0.05) is 12.1 Å². The summed E-state index contributed by atoms with van der Waals surface area (Å²) in [7, 11) is 0. The molecule has 2 aromatic rings. The third-order valence-corrected chi connectivity index (χ3v) is 5.86. The molecule has 1 saturated carbocycles. The lowest BCUT2D eigenvalue weighted by Gasteiger charge is -2.14. The first-order valence-electron chi connectivity index (χ1n) is 11.9. The molecule has 0 unspecified atom stereocenters. The van der Waals surface area contributed by atoms with Crippen molar-refractivity contribution in [3.63, 3.8) is 0 Å². The minimum absolute atomic E-state index is 0.0325. The second kappa shape index (κ2) is 12.0. The fraction of sp³-hybridized carbons (Fsp3) is 0.500. The van der Waals surface area contributed by atoms with Gasteiger partial charge in [0.2, 0.25) is 0 Å². The lowest BCUT2D eigenvalue weighted by molar-refractivity contribution is 0.0965. The minimum Gasteiger partial charge on any atom is -0.492 e. The van der Waals surface area contributed by atoms with E-state index in [4.69, 9.17) is 14.2 Å². The Labute approximate surface area is 195 Å². The lowest BCUT2D eigenvalue weighted by atomic mass is 10.1. The SMILES string of the molecule is O=C1NCc2cc(OCCNC[C@H](O)COc3ccc(CCCOCC4CC4)cc3)ccc21. The molecule has 1 aliphatic heterocycles. The standard InChI is InChI=1S/C26H34N2O5/c29-22(16-27-11-13-32-24-9-10-25-21(14-24)15-28-26(25)30)18-33-23-7-5-19(6-8-23)2-1-12-31-17-20-3-4-20/h5-10,14,20,22,27,29H,1-4,11-13,15-18H2,(H,28,30)/t22-/m0/s1. The zero-order chi connectivity index (χ0) is 22.9. The molecule has 1 atom stereocenters. The van der Waals surface area contributed by atoms with Crippen LogP contribution in [0.25, 0.3) is 0 Å². The van der Waals surface area contributed by atoms with Gasteiger partial charge in [0.05, 0.1) is 0 Å². The number of aryl methyl sites for hydroxylation is 1. The molecule has 7 heteroatoms. The number of benzene rings is 2. The van der Waals surface area contributed by atoms with Crippen LogP contribution < -0.4 is 20.1 Å². The highest BCUT2D eigenvalue weighted by molar-refractivity contribution is 5.98. The predicted molar refractivity (Wildman–Crippen MR) is 126 cm³/mol. The number of carbonyl (C=O) groups is 1. The Kier molecular flexibility index (Phi) is 8.58. The maximum absolute atomic E-state index is 11.6. The number of amides is 1. The summed E-state index contributed by atoms with van der Waals surface area (Å²) in [4.78, 5) is 11.6. The molecule has 178 valence electrons. The molecular weight excluding hydrogens is 420 g/mol. The number of fused-ring (bicyclic) bond motifs is 1. The van der Waals surface area contributed by atoms with Crippen molar-refractivity contribution < 1.29 is 24.1 Å². The van der Waals surface area contributed by atoms with E-state index in [2.05, 4.69) is 22.8 Å². The summed E-state index contributed by atoms with van der Waals surface area (Å²) >= 11 is 0. The molecule has 1 heterocycles. The molecular formula is C26H34N2O5. The van der Waals surface area contributed by atoms with E-state index in [-0.39, 0.29) is 12.5 Å². The van der Waals surface area contributed by atoms with Crippen LogP contribution in [0.4, 0.5) is 0 Å². The number of ether oxygens (including phenoxy) is 3. The second-order valence-corrected chi connectivity index (χ2v) is 8.78. The minimum atomic E-state index is -0.606. The highest BCUT2D eigenvalue weighted by Gasteiger charge is 2.21. The molecule has 2 aromatic carbocycles. The van der Waals surface area contributed by atoms with Crippen molar-refractivity contribution >= 4 is 5.91 Å². The molecule has 2 aliphatic rings. The van der Waals surface area contributed by atoms with Gasteiger partial charge in [0.15, 0.2) is 0 Å². The monoisotopic (exact) mass is 454 g/mol. The zero-order valence-corrected chi connectivity index (χ0v) is 19.1. The van der Waals surface area contributed by atoms with Crippen molar-refractivity contribution in [2.45, 2.75) is 38.3 Å². The first-order chi connectivity index (χ1) is 16.2. The molecule has 0 spiro atoms. The molecule has 3 N–H and O–H groups in total. The van der Waals surface area contributed by atoms with Crippen LogP contribution in [0.1, 0.15) is 40.7 Å². The Morgan fingerprint density at radius 2 is 1.88 bits per heavy atom. The van der Waals surface area contributed by atoms with Crippen LogP contribution in [0.2, 0.25) is 0 Å². The summed E-state index contributed by atoms with van der Waals surface area (Å²) in [5.74, 6) is 2.29. The summed E-state index contributed by atoms with van der Waals surface area (Å²) in [6, 6.07) is 13.5. The van der Waals surface area contributed by atoms with Gasteiger partial charge < -0.3 is 30.0 Å². The Bertz CT molecular complexity index is 898. The van der Waals surface area contributed by atoms with Crippen LogP contribution in [0.15, 0.2) is 42.5 Å². The third kappa shape index (κ3) is 7.74. The summed E-state index contributed by atoms with van der Waals surface area (Å²) < 4.78 is 17.1. The first kappa shape index (κ1) is 23.5. The van der Waals surface area contributed by atoms with E-state index in [9.17, 15) is 9.90 Å². The van der Waals surface area contributed by atoms with Gasteiger partial charge >= 0.3 is 0 Å². The molecule has 0 saturated heterocycles. The van der Waals surface area contributed by atoms with Crippen LogP contribution in [0.3, 0.4) is 0 Å². The molecule has 0 aromatic heterocycles. The van der Waals surface area contributed by atoms with E-state index in [1.54, 1.807) is 12.1 Å². The van der Waals surface area contributed by atoms with Crippen molar-refractivity contribution in [2.75, 3.05) is 39.5 Å². The van der Waals surface area contributed by atoms with Gasteiger partial charge in [-0.15, -0.1) is 0 Å². The average molecular weight is 455 g/mol. The van der Waals surface area contributed by atoms with Crippen molar-refractivity contribution in [2.24, 2.45) is 5.92 Å². The highest BCUT2D eigenvalue weighted by Crippen LogP contribution is 2.28. The van der Waals surface area contributed by atoms with E-state index < -0.39 is 6.10 Å². The average Bonchev–Trinajstić information content (AvgIpc) is 3.59. The largest absolute Gasteiger partial charge is 0.492 e. The highest BCUT2D eigenvalue weighted by atomic mass is 16.5. The molecule has 7 nitrogen and oxygen atoms in total. The Morgan fingerprint density at radius 3 is 2.70 bits per heavy atom. The number of aliphatic hydroxyl groups excluding tert-OH is 1. The summed E-state index contributed by atoms with van der Waals surface area (Å²) in [5.41, 5.74) is 2.95. The van der Waals surface area contributed by atoms with Crippen molar-refractivity contribution in [1.82, 2.24) is 10.6 Å². The van der Waals surface area contributed by atoms with E-state index in [0.29, 0.717) is 31.8 Å². The Morgan fingerprint density at radius 1 is 1.06 bits per heavy atom. The van der Waals surface area contributed by atoms with Gasteiger partial charge in [-0.25, -0.2) is 0 Å². The predicted octanol–water partition coefficient (Wildman–Crippen LogP) is 2.70. The van der Waals surface area contributed by atoms with E-state index in [0.717, 1.165) is 49.0 Å². The number of aliphatic hydroxyl groups is 1. The van der Waals surface area contributed by atoms with Crippen molar-refractivity contribution in [3.8, 4) is 11.5 Å². The number of nitrogens with one attached hydrogen (secondary N) is 2. The third-order valence-electron chi connectivity index (χ3n) is 5.86. The fourth-order valence-corrected chi connectivity index (χ4v) is 3.72. The number of carbonyl (C=O) groups excluding carboxylic acids is 1. The van der Waals surface area contributed by atoms with Gasteiger partial charge in [-0.05, 0) is 73.1 Å². The van der Waals surface area contributed by atoms with E-state index in [1.165, 1.54) is 18.4 Å². The van der Waals surface area contributed by atoms with Gasteiger partial charge in [0.1, 0.15) is 30.8 Å². The Hall–Kier alpha value is -2.61. The second-order valence-electron chi connectivity index (χ2n) is 8.78. The van der Waals surface area contributed by atoms with Crippen LogP contribution >= 0.6 is 0 Å². The fourth-order valence-electron chi connectivity index (χ4n) is 3.72. The topological polar surface area (TPSA) is 89.1 Å². The van der Waals surface area contributed by atoms with E-state index >= 15 is 0 Å². The summed E-state index contributed by atoms with van der Waals surface area (Å²) in [6.45, 7) is 4.02. The number of hydrogen-bond donors (Lipinski definition) is 3. The molecule has 1 fully saturated rings. The molecule has 0 bridgehead atoms. The van der Waals surface area contributed by atoms with Gasteiger partial charge in [-0.3, -0.25) is 4.79 Å². The molecule has 33 heavy (non-hydrogen) atoms. The first-order valence-corrected chi connectivity index (χ1v) is 11.9. The van der Waals surface area contributed by atoms with Crippen LogP contribution in [0.5, 0.6) is 11.5 Å². The van der Waals surface area contributed by atoms with Crippen LogP contribution in [-0.2, 0) is 17.7 Å². The number of hydrogen-bond acceptors (Lipinski definition) is 6. The number of rotatable bonds is 15.